The normalized spacial score (nSPS) is 12.5. The van der Waals surface area contributed by atoms with Gasteiger partial charge in [-0.1, -0.05) is 145 Å². The average Bonchev–Trinajstić information content (AvgIpc) is 2.93. The van der Waals surface area contributed by atoms with E-state index in [9.17, 15) is 5.11 Å². The Bertz CT molecular complexity index is 1620. The number of rotatable bonds is 5. The second kappa shape index (κ2) is 11.0. The number of aliphatic imine (C=N–C) groups is 1. The summed E-state index contributed by atoms with van der Waals surface area (Å²) in [6, 6.07) is 38.6. The highest BCUT2D eigenvalue weighted by atomic mass is 31.1. The highest BCUT2D eigenvalue weighted by Crippen LogP contribution is 2.41. The molecule has 202 valence electrons. The minimum atomic E-state index is -0.854. The molecule has 5 aromatic carbocycles. The predicted octanol–water partition coefficient (Wildman–Crippen LogP) is 8.65. The first-order chi connectivity index (χ1) is 19.0. The van der Waals surface area contributed by atoms with Crippen molar-refractivity contribution >= 4 is 46.5 Å². The van der Waals surface area contributed by atoms with Crippen LogP contribution in [-0.4, -0.2) is 11.3 Å². The van der Waals surface area contributed by atoms with Gasteiger partial charge in [0.05, 0.1) is 5.69 Å². The SMILES string of the molecule is CC(C)(C)c1cc(/C=N/c2c(P(c3ccccc3)c3ccccc3)ccc3ccccc23)c(O)c(C(C)(C)C)c1. The third-order valence-electron chi connectivity index (χ3n) is 7.30. The second-order valence-electron chi connectivity index (χ2n) is 12.4. The molecular formula is C37H38NOP. The molecule has 0 fully saturated rings. The minimum absolute atomic E-state index is 0.0597. The lowest BCUT2D eigenvalue weighted by Crippen LogP contribution is -2.21. The summed E-state index contributed by atoms with van der Waals surface area (Å²) in [6.07, 6.45) is 1.87. The van der Waals surface area contributed by atoms with E-state index < -0.39 is 7.92 Å². The topological polar surface area (TPSA) is 32.6 Å². The molecule has 0 amide bonds. The number of aromatic hydroxyl groups is 1. The zero-order chi connectivity index (χ0) is 28.5. The molecule has 0 saturated carbocycles. The molecule has 40 heavy (non-hydrogen) atoms. The van der Waals surface area contributed by atoms with E-state index in [0.29, 0.717) is 5.75 Å². The molecular weight excluding hydrogens is 505 g/mol. The maximum absolute atomic E-state index is 11.5. The molecule has 1 N–H and O–H groups in total. The summed E-state index contributed by atoms with van der Waals surface area (Å²) in [6.45, 7) is 13.1. The summed E-state index contributed by atoms with van der Waals surface area (Å²) in [5, 5.41) is 17.5. The Kier molecular flexibility index (Phi) is 7.67. The molecule has 0 saturated heterocycles. The van der Waals surface area contributed by atoms with Crippen LogP contribution < -0.4 is 15.9 Å². The van der Waals surface area contributed by atoms with Crippen molar-refractivity contribution in [2.24, 2.45) is 4.99 Å². The molecule has 0 heterocycles. The zero-order valence-corrected chi connectivity index (χ0v) is 25.2. The smallest absolute Gasteiger partial charge is 0.128 e. The minimum Gasteiger partial charge on any atom is -0.507 e. The molecule has 5 rings (SSSR count). The van der Waals surface area contributed by atoms with Crippen molar-refractivity contribution in [3.05, 3.63) is 126 Å². The fourth-order valence-electron chi connectivity index (χ4n) is 5.04. The van der Waals surface area contributed by atoms with Gasteiger partial charge in [-0.3, -0.25) is 4.99 Å². The average molecular weight is 544 g/mol. The van der Waals surface area contributed by atoms with Gasteiger partial charge in [0.15, 0.2) is 0 Å². The Labute approximate surface area is 240 Å². The molecule has 5 aromatic rings. The Hall–Kier alpha value is -3.74. The van der Waals surface area contributed by atoms with E-state index in [1.54, 1.807) is 0 Å². The van der Waals surface area contributed by atoms with Crippen LogP contribution in [0.1, 0.15) is 58.2 Å². The van der Waals surface area contributed by atoms with Crippen molar-refractivity contribution in [3.63, 3.8) is 0 Å². The van der Waals surface area contributed by atoms with Crippen molar-refractivity contribution in [2.45, 2.75) is 52.4 Å². The lowest BCUT2D eigenvalue weighted by molar-refractivity contribution is 0.444. The van der Waals surface area contributed by atoms with Gasteiger partial charge in [-0.05, 0) is 46.4 Å². The van der Waals surface area contributed by atoms with Crippen molar-refractivity contribution in [3.8, 4) is 5.75 Å². The summed E-state index contributed by atoms with van der Waals surface area (Å²) in [7, 11) is -0.854. The first kappa shape index (κ1) is 27.8. The number of phenols is 1. The highest BCUT2D eigenvalue weighted by Gasteiger charge is 2.25. The van der Waals surface area contributed by atoms with Gasteiger partial charge in [0.25, 0.3) is 0 Å². The van der Waals surface area contributed by atoms with Crippen LogP contribution in [-0.2, 0) is 10.8 Å². The van der Waals surface area contributed by atoms with Crippen molar-refractivity contribution < 1.29 is 5.11 Å². The van der Waals surface area contributed by atoms with Crippen molar-refractivity contribution in [1.29, 1.82) is 0 Å². The Morgan fingerprint density at radius 3 is 1.80 bits per heavy atom. The van der Waals surface area contributed by atoms with E-state index >= 15 is 0 Å². The maximum Gasteiger partial charge on any atom is 0.128 e. The number of fused-ring (bicyclic) bond motifs is 1. The van der Waals surface area contributed by atoms with Crippen molar-refractivity contribution in [2.75, 3.05) is 0 Å². The summed E-state index contributed by atoms with van der Waals surface area (Å²) in [5.74, 6) is 0.305. The second-order valence-corrected chi connectivity index (χ2v) is 14.6. The van der Waals surface area contributed by atoms with Gasteiger partial charge in [-0.25, -0.2) is 0 Å². The molecule has 0 spiro atoms. The van der Waals surface area contributed by atoms with Crippen LogP contribution in [0.2, 0.25) is 0 Å². The largest absolute Gasteiger partial charge is 0.507 e. The quantitative estimate of drug-likeness (QED) is 0.175. The molecule has 0 aromatic heterocycles. The van der Waals surface area contributed by atoms with Crippen LogP contribution in [0.15, 0.2) is 114 Å². The zero-order valence-electron chi connectivity index (χ0n) is 24.3. The standard InChI is InChI=1S/C37H38NOP/c1-36(2,3)28-23-27(35(39)32(24-28)37(4,5)6)25-38-34-31-20-14-13-15-26(31)21-22-33(34)40(29-16-9-7-10-17-29)30-18-11-8-12-19-30/h7-25,39H,1-6H3/b38-25+. The predicted molar refractivity (Wildman–Crippen MR) is 175 cm³/mol. The van der Waals surface area contributed by atoms with E-state index in [1.165, 1.54) is 21.5 Å². The molecule has 0 atom stereocenters. The van der Waals surface area contributed by atoms with Gasteiger partial charge < -0.3 is 5.11 Å². The Morgan fingerprint density at radius 1 is 0.650 bits per heavy atom. The number of benzene rings is 5. The van der Waals surface area contributed by atoms with Gasteiger partial charge >= 0.3 is 0 Å². The monoisotopic (exact) mass is 543 g/mol. The van der Waals surface area contributed by atoms with Crippen molar-refractivity contribution in [1.82, 2.24) is 0 Å². The van der Waals surface area contributed by atoms with Gasteiger partial charge in [-0.2, -0.15) is 0 Å². The lowest BCUT2D eigenvalue weighted by atomic mass is 9.79. The first-order valence-corrected chi connectivity index (χ1v) is 15.2. The summed E-state index contributed by atoms with van der Waals surface area (Å²) in [5.41, 5.74) is 3.57. The molecule has 0 aliphatic heterocycles. The molecule has 0 radical (unpaired) electrons. The van der Waals surface area contributed by atoms with E-state index in [4.69, 9.17) is 4.99 Å². The summed E-state index contributed by atoms with van der Waals surface area (Å²) >= 11 is 0. The first-order valence-electron chi connectivity index (χ1n) is 13.9. The Morgan fingerprint density at radius 2 is 1.23 bits per heavy atom. The Balaban J connectivity index is 1.76. The lowest BCUT2D eigenvalue weighted by Gasteiger charge is -2.27. The molecule has 0 unspecified atom stereocenters. The summed E-state index contributed by atoms with van der Waals surface area (Å²) in [4.78, 5) is 5.21. The fourth-order valence-corrected chi connectivity index (χ4v) is 7.44. The maximum atomic E-state index is 11.5. The fraction of sp³-hybridized carbons (Fsp3) is 0.216. The molecule has 3 heteroatoms. The van der Waals surface area contributed by atoms with E-state index in [0.717, 1.165) is 27.6 Å². The van der Waals surface area contributed by atoms with Gasteiger partial charge in [0.1, 0.15) is 5.75 Å². The third-order valence-corrected chi connectivity index (χ3v) is 9.77. The number of hydrogen-bond donors (Lipinski definition) is 1. The number of nitrogens with zero attached hydrogens (tertiary/aromatic N) is 1. The van der Waals surface area contributed by atoms with Gasteiger partial charge in [0, 0.05) is 28.0 Å². The third kappa shape index (κ3) is 5.74. The van der Waals surface area contributed by atoms with Crippen LogP contribution in [0.5, 0.6) is 5.75 Å². The van der Waals surface area contributed by atoms with Crippen LogP contribution in [0, 0.1) is 0 Å². The van der Waals surface area contributed by atoms with E-state index in [2.05, 4.69) is 151 Å². The van der Waals surface area contributed by atoms with Gasteiger partial charge in [0.2, 0.25) is 0 Å². The molecule has 0 bridgehead atoms. The van der Waals surface area contributed by atoms with Crippen LogP contribution in [0.25, 0.3) is 10.8 Å². The molecule has 0 aliphatic rings. The number of phenolic OH excluding ortho intramolecular Hbond substituents is 1. The van der Waals surface area contributed by atoms with E-state index in [-0.39, 0.29) is 10.8 Å². The van der Waals surface area contributed by atoms with Crippen LogP contribution in [0.3, 0.4) is 0 Å². The summed E-state index contributed by atoms with van der Waals surface area (Å²) < 4.78 is 0. The molecule has 2 nitrogen and oxygen atoms in total. The van der Waals surface area contributed by atoms with Crippen LogP contribution >= 0.6 is 7.92 Å². The highest BCUT2D eigenvalue weighted by molar-refractivity contribution is 7.80. The molecule has 0 aliphatic carbocycles. The number of hydrogen-bond acceptors (Lipinski definition) is 2. The van der Waals surface area contributed by atoms with E-state index in [1.807, 2.05) is 6.21 Å². The van der Waals surface area contributed by atoms with Gasteiger partial charge in [-0.15, -0.1) is 0 Å². The van der Waals surface area contributed by atoms with Crippen LogP contribution in [0.4, 0.5) is 5.69 Å².